The van der Waals surface area contributed by atoms with E-state index in [0.717, 1.165) is 11.3 Å². The summed E-state index contributed by atoms with van der Waals surface area (Å²) < 4.78 is 28.1. The second-order valence-corrected chi connectivity index (χ2v) is 8.66. The van der Waals surface area contributed by atoms with Crippen LogP contribution in [0.3, 0.4) is 0 Å². The number of hydrogen-bond donors (Lipinski definition) is 0. The van der Waals surface area contributed by atoms with Crippen molar-refractivity contribution in [1.29, 1.82) is 0 Å². The van der Waals surface area contributed by atoms with Crippen molar-refractivity contribution in [2.24, 2.45) is 0 Å². The third-order valence-electron chi connectivity index (χ3n) is 3.97. The third kappa shape index (κ3) is 4.18. The Morgan fingerprint density at radius 2 is 1.78 bits per heavy atom. The highest BCUT2D eigenvalue weighted by Gasteiger charge is 2.22. The molecule has 0 aliphatic carbocycles. The van der Waals surface area contributed by atoms with Gasteiger partial charge in [-0.1, -0.05) is 31.5 Å². The van der Waals surface area contributed by atoms with Gasteiger partial charge >= 0.3 is 0 Å². The minimum atomic E-state index is -3.52. The first-order chi connectivity index (χ1) is 13.0. The van der Waals surface area contributed by atoms with E-state index in [9.17, 15) is 8.42 Å². The van der Waals surface area contributed by atoms with Gasteiger partial charge in [-0.15, -0.1) is 5.10 Å². The molecule has 2 aromatic heterocycles. The molecule has 0 unspecified atom stereocenters. The van der Waals surface area contributed by atoms with E-state index in [1.54, 1.807) is 16.8 Å². The van der Waals surface area contributed by atoms with Gasteiger partial charge in [-0.25, -0.2) is 13.4 Å². The molecule has 0 N–H and O–H groups in total. The molecule has 27 heavy (non-hydrogen) atoms. The fourth-order valence-corrected chi connectivity index (χ4v) is 4.61. The van der Waals surface area contributed by atoms with Crippen LogP contribution in [0, 0.1) is 6.92 Å². The predicted octanol–water partition coefficient (Wildman–Crippen LogP) is 2.55. The zero-order valence-corrected chi connectivity index (χ0v) is 16.9. The summed E-state index contributed by atoms with van der Waals surface area (Å²) in [6.07, 6.45) is 1.37. The zero-order chi connectivity index (χ0) is 19.4. The van der Waals surface area contributed by atoms with E-state index in [-0.39, 0.29) is 4.90 Å². The lowest BCUT2D eigenvalue weighted by Crippen LogP contribution is -2.30. The minimum absolute atomic E-state index is 0.175. The summed E-state index contributed by atoms with van der Waals surface area (Å²) >= 11 is 1.27. The first-order valence-corrected chi connectivity index (χ1v) is 10.7. The molecule has 0 saturated heterocycles. The molecule has 0 aliphatic heterocycles. The van der Waals surface area contributed by atoms with Gasteiger partial charge in [0.1, 0.15) is 9.92 Å². The smallest absolute Gasteiger partial charge is 0.244 e. The lowest BCUT2D eigenvalue weighted by atomic mass is 10.2. The monoisotopic (exact) mass is 404 g/mol. The molecule has 3 rings (SSSR count). The molecule has 0 fully saturated rings. The molecule has 0 spiro atoms. The van der Waals surface area contributed by atoms with Crippen molar-refractivity contribution in [2.75, 3.05) is 13.1 Å². The van der Waals surface area contributed by atoms with Crippen LogP contribution in [0.2, 0.25) is 0 Å². The van der Waals surface area contributed by atoms with Crippen molar-refractivity contribution >= 4 is 21.8 Å². The van der Waals surface area contributed by atoms with E-state index < -0.39 is 10.0 Å². The highest BCUT2D eigenvalue weighted by atomic mass is 32.2. The van der Waals surface area contributed by atoms with E-state index in [1.165, 1.54) is 22.3 Å². The van der Waals surface area contributed by atoms with Crippen LogP contribution in [0.1, 0.15) is 19.4 Å². The van der Waals surface area contributed by atoms with Crippen molar-refractivity contribution in [2.45, 2.75) is 35.8 Å². The van der Waals surface area contributed by atoms with Gasteiger partial charge in [0, 0.05) is 19.3 Å². The number of benzene rings is 1. The van der Waals surface area contributed by atoms with Gasteiger partial charge in [-0.05, 0) is 53.4 Å². The summed E-state index contributed by atoms with van der Waals surface area (Å²) in [4.78, 5) is 4.44. The zero-order valence-electron chi connectivity index (χ0n) is 15.3. The standard InChI is InChI=1S/C17H20N6O2S2/c1-4-22(5-2)27(24,25)15-10-11-16(18-12-15)26-17-19-20-21-23(17)14-8-6-13(3)7-9-14/h6-12H,4-5H2,1-3H3. The van der Waals surface area contributed by atoms with Gasteiger partial charge in [0.05, 0.1) is 5.69 Å². The van der Waals surface area contributed by atoms with Crippen molar-refractivity contribution in [3.8, 4) is 5.69 Å². The molecule has 0 radical (unpaired) electrons. The summed E-state index contributed by atoms with van der Waals surface area (Å²) in [5, 5.41) is 12.9. The Hall–Kier alpha value is -2.30. The van der Waals surface area contributed by atoms with Gasteiger partial charge in [-0.2, -0.15) is 8.99 Å². The predicted molar refractivity (Wildman–Crippen MR) is 102 cm³/mol. The van der Waals surface area contributed by atoms with Crippen molar-refractivity contribution in [3.63, 3.8) is 0 Å². The average molecular weight is 405 g/mol. The number of aryl methyl sites for hydroxylation is 1. The lowest BCUT2D eigenvalue weighted by Gasteiger charge is -2.18. The van der Waals surface area contributed by atoms with Crippen molar-refractivity contribution in [3.05, 3.63) is 48.2 Å². The van der Waals surface area contributed by atoms with E-state index in [0.29, 0.717) is 23.3 Å². The lowest BCUT2D eigenvalue weighted by molar-refractivity contribution is 0.445. The van der Waals surface area contributed by atoms with Crippen LogP contribution in [0.25, 0.3) is 5.69 Å². The van der Waals surface area contributed by atoms with Crippen LogP contribution < -0.4 is 0 Å². The molecule has 1 aromatic carbocycles. The molecule has 2 heterocycles. The van der Waals surface area contributed by atoms with Crippen LogP contribution in [-0.4, -0.2) is 51.0 Å². The number of tetrazole rings is 1. The summed E-state index contributed by atoms with van der Waals surface area (Å²) in [5.74, 6) is 0. The largest absolute Gasteiger partial charge is 0.248 e. The molecule has 10 heteroatoms. The minimum Gasteiger partial charge on any atom is -0.248 e. The molecular weight excluding hydrogens is 384 g/mol. The molecule has 8 nitrogen and oxygen atoms in total. The van der Waals surface area contributed by atoms with Crippen molar-refractivity contribution < 1.29 is 8.42 Å². The quantitative estimate of drug-likeness (QED) is 0.597. The normalized spacial score (nSPS) is 11.9. The second kappa shape index (κ2) is 8.15. The van der Waals surface area contributed by atoms with Crippen LogP contribution in [0.4, 0.5) is 0 Å². The molecule has 142 valence electrons. The first kappa shape index (κ1) is 19.5. The van der Waals surface area contributed by atoms with Gasteiger partial charge in [0.2, 0.25) is 15.2 Å². The van der Waals surface area contributed by atoms with Crippen molar-refractivity contribution in [1.82, 2.24) is 29.5 Å². The SMILES string of the molecule is CCN(CC)S(=O)(=O)c1ccc(Sc2nnnn2-c2ccc(C)cc2)nc1. The van der Waals surface area contributed by atoms with Crippen LogP contribution in [0.5, 0.6) is 0 Å². The highest BCUT2D eigenvalue weighted by Crippen LogP contribution is 2.26. The van der Waals surface area contributed by atoms with Crippen LogP contribution >= 0.6 is 11.8 Å². The van der Waals surface area contributed by atoms with Crippen LogP contribution in [-0.2, 0) is 10.0 Å². The van der Waals surface area contributed by atoms with Gasteiger partial charge in [-0.3, -0.25) is 0 Å². The third-order valence-corrected chi connectivity index (χ3v) is 6.89. The van der Waals surface area contributed by atoms with Gasteiger partial charge in [0.25, 0.3) is 0 Å². The Labute approximate surface area is 162 Å². The fraction of sp³-hybridized carbons (Fsp3) is 0.294. The maximum Gasteiger partial charge on any atom is 0.244 e. The Balaban J connectivity index is 1.82. The first-order valence-electron chi connectivity index (χ1n) is 8.45. The molecule has 0 bridgehead atoms. The molecule has 0 saturated carbocycles. The summed E-state index contributed by atoms with van der Waals surface area (Å²) in [6.45, 7) is 6.46. The highest BCUT2D eigenvalue weighted by molar-refractivity contribution is 7.99. The number of pyridine rings is 1. The fourth-order valence-electron chi connectivity index (χ4n) is 2.48. The Morgan fingerprint density at radius 3 is 2.37 bits per heavy atom. The van der Waals surface area contributed by atoms with Gasteiger partial charge < -0.3 is 0 Å². The Kier molecular flexibility index (Phi) is 5.88. The molecule has 3 aromatic rings. The second-order valence-electron chi connectivity index (χ2n) is 5.73. The number of aromatic nitrogens is 5. The summed E-state index contributed by atoms with van der Waals surface area (Å²) in [6, 6.07) is 11.1. The maximum absolute atomic E-state index is 12.5. The number of nitrogens with zero attached hydrogens (tertiary/aromatic N) is 6. The average Bonchev–Trinajstić information content (AvgIpc) is 3.12. The topological polar surface area (TPSA) is 93.9 Å². The Morgan fingerprint density at radius 1 is 1.07 bits per heavy atom. The Bertz CT molecular complexity index is 997. The molecule has 0 aliphatic rings. The number of hydrogen-bond acceptors (Lipinski definition) is 7. The van der Waals surface area contributed by atoms with E-state index in [4.69, 9.17) is 0 Å². The summed E-state index contributed by atoms with van der Waals surface area (Å²) in [5.41, 5.74) is 1.99. The maximum atomic E-state index is 12.5. The number of sulfonamides is 1. The molecule has 0 atom stereocenters. The molecular formula is C17H20N6O2S2. The van der Waals surface area contributed by atoms with E-state index >= 15 is 0 Å². The summed E-state index contributed by atoms with van der Waals surface area (Å²) in [7, 11) is -3.52. The number of rotatable bonds is 7. The van der Waals surface area contributed by atoms with Crippen LogP contribution in [0.15, 0.2) is 57.7 Å². The van der Waals surface area contributed by atoms with E-state index in [2.05, 4.69) is 20.5 Å². The molecule has 0 amide bonds. The van der Waals surface area contributed by atoms with Gasteiger partial charge in [0.15, 0.2) is 0 Å². The van der Waals surface area contributed by atoms with E-state index in [1.807, 2.05) is 45.0 Å².